The molecule has 3 heterocycles. The molecular formula is C24H33N3O4. The Kier molecular flexibility index (Phi) is 5.83. The Labute approximate surface area is 183 Å². The van der Waals surface area contributed by atoms with Gasteiger partial charge in [-0.3, -0.25) is 9.69 Å². The Balaban J connectivity index is 1.46. The Morgan fingerprint density at radius 3 is 2.48 bits per heavy atom. The lowest BCUT2D eigenvalue weighted by Crippen LogP contribution is -2.64. The summed E-state index contributed by atoms with van der Waals surface area (Å²) in [6.45, 7) is 10.3. The highest BCUT2D eigenvalue weighted by atomic mass is 16.5. The zero-order valence-electron chi connectivity index (χ0n) is 19.3. The maximum atomic E-state index is 12.9. The normalized spacial score (nSPS) is 19.8. The molecule has 31 heavy (non-hydrogen) atoms. The van der Waals surface area contributed by atoms with Gasteiger partial charge in [-0.05, 0) is 71.0 Å². The Morgan fingerprint density at radius 1 is 1.06 bits per heavy atom. The van der Waals surface area contributed by atoms with E-state index >= 15 is 0 Å². The summed E-state index contributed by atoms with van der Waals surface area (Å²) in [5.41, 5.74) is 2.65. The fourth-order valence-corrected chi connectivity index (χ4v) is 5.00. The van der Waals surface area contributed by atoms with Gasteiger partial charge in [0, 0.05) is 43.8 Å². The van der Waals surface area contributed by atoms with Crippen LogP contribution < -0.4 is 10.4 Å². The molecule has 168 valence electrons. The molecule has 7 nitrogen and oxygen atoms in total. The van der Waals surface area contributed by atoms with Crippen LogP contribution in [0, 0.1) is 20.8 Å². The summed E-state index contributed by atoms with van der Waals surface area (Å²) in [6.07, 6.45) is 1.97. The van der Waals surface area contributed by atoms with Gasteiger partial charge in [-0.1, -0.05) is 0 Å². The van der Waals surface area contributed by atoms with Crippen molar-refractivity contribution in [1.29, 1.82) is 0 Å². The molecule has 1 aromatic heterocycles. The van der Waals surface area contributed by atoms with Crippen LogP contribution >= 0.6 is 0 Å². The molecule has 0 N–H and O–H groups in total. The highest BCUT2D eigenvalue weighted by Crippen LogP contribution is 2.32. The van der Waals surface area contributed by atoms with E-state index in [1.54, 1.807) is 6.92 Å². The van der Waals surface area contributed by atoms with E-state index in [4.69, 9.17) is 9.15 Å². The molecule has 2 aromatic rings. The standard InChI is InChI=1S/C24H33N3O4/c1-16-12-19(22-17(2)18(3)23(29)31-20(22)13-16)30-14-21(28)27-8-6-24(7-9-27)15-25(4)10-11-26(24)5/h12-13H,6-11,14-15H2,1-5H3. The second kappa shape index (κ2) is 8.28. The third kappa shape index (κ3) is 4.08. The molecule has 2 aliphatic rings. The van der Waals surface area contributed by atoms with Gasteiger partial charge in [-0.15, -0.1) is 0 Å². The summed E-state index contributed by atoms with van der Waals surface area (Å²) >= 11 is 0. The number of piperidine rings is 1. The summed E-state index contributed by atoms with van der Waals surface area (Å²) < 4.78 is 11.5. The van der Waals surface area contributed by atoms with Crippen LogP contribution in [0.3, 0.4) is 0 Å². The van der Waals surface area contributed by atoms with Crippen molar-refractivity contribution in [3.8, 4) is 5.75 Å². The number of rotatable bonds is 3. The van der Waals surface area contributed by atoms with Gasteiger partial charge in [-0.2, -0.15) is 0 Å². The van der Waals surface area contributed by atoms with Gasteiger partial charge in [0.15, 0.2) is 6.61 Å². The fraction of sp³-hybridized carbons (Fsp3) is 0.583. The van der Waals surface area contributed by atoms with Crippen molar-refractivity contribution in [1.82, 2.24) is 14.7 Å². The highest BCUT2D eigenvalue weighted by molar-refractivity contribution is 5.88. The van der Waals surface area contributed by atoms with Crippen LogP contribution in [0.2, 0.25) is 0 Å². The zero-order chi connectivity index (χ0) is 22.3. The number of hydrogen-bond acceptors (Lipinski definition) is 6. The van der Waals surface area contributed by atoms with E-state index in [2.05, 4.69) is 23.9 Å². The lowest BCUT2D eigenvalue weighted by atomic mass is 9.84. The maximum Gasteiger partial charge on any atom is 0.339 e. The molecule has 0 bridgehead atoms. The van der Waals surface area contributed by atoms with Gasteiger partial charge < -0.3 is 19.0 Å². The van der Waals surface area contributed by atoms with Crippen molar-refractivity contribution in [2.24, 2.45) is 0 Å². The Morgan fingerprint density at radius 2 is 1.77 bits per heavy atom. The van der Waals surface area contributed by atoms with Gasteiger partial charge in [0.05, 0.1) is 5.39 Å². The predicted molar refractivity (Wildman–Crippen MR) is 121 cm³/mol. The second-order valence-corrected chi connectivity index (χ2v) is 9.33. The van der Waals surface area contributed by atoms with Crippen LogP contribution in [-0.4, -0.2) is 79.6 Å². The molecule has 4 rings (SSSR count). The van der Waals surface area contributed by atoms with Crippen molar-refractivity contribution >= 4 is 16.9 Å². The topological polar surface area (TPSA) is 66.2 Å². The molecule has 0 aliphatic carbocycles. The van der Waals surface area contributed by atoms with Crippen molar-refractivity contribution in [2.45, 2.75) is 39.2 Å². The van der Waals surface area contributed by atoms with E-state index in [-0.39, 0.29) is 23.7 Å². The van der Waals surface area contributed by atoms with Gasteiger partial charge >= 0.3 is 5.63 Å². The molecule has 7 heteroatoms. The first-order valence-electron chi connectivity index (χ1n) is 11.1. The second-order valence-electron chi connectivity index (χ2n) is 9.33. The molecule has 0 atom stereocenters. The summed E-state index contributed by atoms with van der Waals surface area (Å²) in [6, 6.07) is 3.74. The van der Waals surface area contributed by atoms with Crippen LogP contribution in [0.15, 0.2) is 21.3 Å². The summed E-state index contributed by atoms with van der Waals surface area (Å²) in [4.78, 5) is 31.8. The molecule has 0 saturated carbocycles. The van der Waals surface area contributed by atoms with E-state index in [1.165, 1.54) is 0 Å². The average molecular weight is 428 g/mol. The lowest BCUT2D eigenvalue weighted by Gasteiger charge is -2.52. The molecule has 2 fully saturated rings. The molecule has 2 saturated heterocycles. The number of ether oxygens (including phenoxy) is 1. The monoisotopic (exact) mass is 427 g/mol. The first-order valence-corrected chi connectivity index (χ1v) is 11.1. The number of nitrogens with zero attached hydrogens (tertiary/aromatic N) is 3. The average Bonchev–Trinajstić information content (AvgIpc) is 2.73. The fourth-order valence-electron chi connectivity index (χ4n) is 5.00. The van der Waals surface area contributed by atoms with Crippen molar-refractivity contribution in [3.05, 3.63) is 39.2 Å². The predicted octanol–water partition coefficient (Wildman–Crippen LogP) is 2.34. The molecule has 2 aliphatic heterocycles. The van der Waals surface area contributed by atoms with Crippen LogP contribution in [0.5, 0.6) is 5.75 Å². The number of aryl methyl sites for hydroxylation is 2. The number of piperazine rings is 1. The lowest BCUT2D eigenvalue weighted by molar-refractivity contribution is -0.136. The number of amides is 1. The number of carbonyl (C=O) groups excluding carboxylic acids is 1. The minimum atomic E-state index is -0.335. The Hall–Kier alpha value is -2.38. The number of hydrogen-bond donors (Lipinski definition) is 0. The quantitative estimate of drug-likeness (QED) is 0.701. The molecule has 1 spiro atoms. The summed E-state index contributed by atoms with van der Waals surface area (Å²) in [7, 11) is 4.39. The van der Waals surface area contributed by atoms with E-state index in [0.717, 1.165) is 62.1 Å². The highest BCUT2D eigenvalue weighted by Gasteiger charge is 2.42. The van der Waals surface area contributed by atoms with Crippen LogP contribution in [0.1, 0.15) is 29.5 Å². The van der Waals surface area contributed by atoms with Crippen LogP contribution in [-0.2, 0) is 4.79 Å². The van der Waals surface area contributed by atoms with Crippen LogP contribution in [0.25, 0.3) is 11.0 Å². The largest absolute Gasteiger partial charge is 0.483 e. The van der Waals surface area contributed by atoms with Gasteiger partial charge in [0.2, 0.25) is 0 Å². The third-order valence-electron chi connectivity index (χ3n) is 7.25. The number of benzene rings is 1. The van der Waals surface area contributed by atoms with Crippen molar-refractivity contribution in [2.75, 3.05) is 53.4 Å². The summed E-state index contributed by atoms with van der Waals surface area (Å²) in [5.74, 6) is 0.595. The minimum absolute atomic E-state index is 0.00285. The Bertz CT molecular complexity index is 1050. The molecular weight excluding hydrogens is 394 g/mol. The van der Waals surface area contributed by atoms with E-state index in [0.29, 0.717) is 16.9 Å². The van der Waals surface area contributed by atoms with Crippen molar-refractivity contribution < 1.29 is 13.9 Å². The molecule has 1 amide bonds. The van der Waals surface area contributed by atoms with Gasteiger partial charge in [0.1, 0.15) is 11.3 Å². The SMILES string of the molecule is Cc1cc(OCC(=O)N2CCC3(CC2)CN(C)CCN3C)c2c(C)c(C)c(=O)oc2c1. The molecule has 1 aromatic carbocycles. The maximum absolute atomic E-state index is 12.9. The van der Waals surface area contributed by atoms with Crippen LogP contribution in [0.4, 0.5) is 0 Å². The van der Waals surface area contributed by atoms with E-state index < -0.39 is 0 Å². The number of fused-ring (bicyclic) bond motifs is 1. The van der Waals surface area contributed by atoms with Gasteiger partial charge in [-0.25, -0.2) is 4.79 Å². The molecule has 0 unspecified atom stereocenters. The third-order valence-corrected chi connectivity index (χ3v) is 7.25. The first kappa shape index (κ1) is 21.8. The van der Waals surface area contributed by atoms with Crippen molar-refractivity contribution in [3.63, 3.8) is 0 Å². The summed E-state index contributed by atoms with van der Waals surface area (Å²) in [5, 5.41) is 0.764. The smallest absolute Gasteiger partial charge is 0.339 e. The number of likely N-dealkylation sites (N-methyl/N-ethyl adjacent to an activating group) is 2. The molecule has 0 radical (unpaired) electrons. The number of carbonyl (C=O) groups is 1. The van der Waals surface area contributed by atoms with Gasteiger partial charge in [0.25, 0.3) is 5.91 Å². The number of likely N-dealkylation sites (tertiary alicyclic amines) is 1. The van der Waals surface area contributed by atoms with E-state index in [9.17, 15) is 9.59 Å². The first-order chi connectivity index (χ1) is 14.7. The minimum Gasteiger partial charge on any atom is -0.483 e. The van der Waals surface area contributed by atoms with E-state index in [1.807, 2.05) is 30.9 Å². The zero-order valence-corrected chi connectivity index (χ0v) is 19.3.